The number of carbonyl (C=O) groups excluding carboxylic acids is 1. The summed E-state index contributed by atoms with van der Waals surface area (Å²) in [6.07, 6.45) is 0. The van der Waals surface area contributed by atoms with Crippen LogP contribution < -0.4 is 5.32 Å². The predicted molar refractivity (Wildman–Crippen MR) is 92.1 cm³/mol. The number of sulfonamides is 1. The zero-order valence-corrected chi connectivity index (χ0v) is 15.1. The molecule has 0 aliphatic rings. The van der Waals surface area contributed by atoms with Crippen LogP contribution in [0.3, 0.4) is 0 Å². The highest BCUT2D eigenvalue weighted by molar-refractivity contribution is 7.91. The second-order valence-corrected chi connectivity index (χ2v) is 8.69. The topological polar surface area (TPSA) is 66.5 Å². The number of carbonyl (C=O) groups is 1. The molecule has 1 aromatic heterocycles. The normalized spacial score (nSPS) is 13.0. The van der Waals surface area contributed by atoms with Gasteiger partial charge in [-0.3, -0.25) is 4.79 Å². The van der Waals surface area contributed by atoms with Crippen molar-refractivity contribution < 1.29 is 13.2 Å². The number of rotatable bonds is 6. The van der Waals surface area contributed by atoms with Crippen LogP contribution in [0.25, 0.3) is 0 Å². The molecule has 1 unspecified atom stereocenters. The number of benzene rings is 1. The largest absolute Gasteiger partial charge is 0.348 e. The molecule has 1 atom stereocenters. The van der Waals surface area contributed by atoms with Crippen molar-refractivity contribution in [3.8, 4) is 0 Å². The first-order chi connectivity index (χ1) is 10.8. The van der Waals surface area contributed by atoms with Crippen LogP contribution >= 0.6 is 22.9 Å². The number of nitrogens with one attached hydrogen (secondary N) is 1. The summed E-state index contributed by atoms with van der Waals surface area (Å²) >= 11 is 7.05. The van der Waals surface area contributed by atoms with E-state index in [1.807, 2.05) is 13.0 Å². The van der Waals surface area contributed by atoms with Crippen LogP contribution in [-0.2, 0) is 14.8 Å². The highest BCUT2D eigenvalue weighted by atomic mass is 35.5. The Hall–Kier alpha value is -1.41. The molecule has 1 N–H and O–H groups in total. The average molecular weight is 373 g/mol. The number of likely N-dealkylation sites (N-methyl/N-ethyl adjacent to an activating group) is 1. The van der Waals surface area contributed by atoms with E-state index in [4.69, 9.17) is 11.6 Å². The van der Waals surface area contributed by atoms with E-state index in [0.717, 1.165) is 21.2 Å². The second-order valence-electron chi connectivity index (χ2n) is 5.04. The predicted octanol–water partition coefficient (Wildman–Crippen LogP) is 2.90. The molecule has 0 aliphatic carbocycles. The lowest BCUT2D eigenvalue weighted by Crippen LogP contribution is -2.39. The van der Waals surface area contributed by atoms with Crippen LogP contribution in [0, 0.1) is 0 Å². The molecule has 1 heterocycles. The monoisotopic (exact) mass is 372 g/mol. The lowest BCUT2D eigenvalue weighted by molar-refractivity contribution is -0.121. The smallest absolute Gasteiger partial charge is 0.252 e. The molecule has 0 fully saturated rings. The molecular formula is C15H17ClN2O3S2. The second kappa shape index (κ2) is 7.44. The van der Waals surface area contributed by atoms with Gasteiger partial charge in [0.2, 0.25) is 5.91 Å². The summed E-state index contributed by atoms with van der Waals surface area (Å²) in [6, 6.07) is 10.1. The van der Waals surface area contributed by atoms with Gasteiger partial charge >= 0.3 is 0 Å². The van der Waals surface area contributed by atoms with Crippen molar-refractivity contribution in [2.45, 2.75) is 17.2 Å². The zero-order chi connectivity index (χ0) is 17.0. The fourth-order valence-electron chi connectivity index (χ4n) is 2.00. The van der Waals surface area contributed by atoms with E-state index in [1.54, 1.807) is 29.6 Å². The van der Waals surface area contributed by atoms with Crippen molar-refractivity contribution in [1.29, 1.82) is 0 Å². The van der Waals surface area contributed by atoms with Gasteiger partial charge in [-0.2, -0.15) is 4.31 Å². The molecular weight excluding hydrogens is 356 g/mol. The lowest BCUT2D eigenvalue weighted by Gasteiger charge is -2.19. The Balaban J connectivity index is 1.99. The third kappa shape index (κ3) is 4.54. The molecule has 0 saturated carbocycles. The number of nitrogens with zero attached hydrogens (tertiary/aromatic N) is 1. The molecule has 0 aliphatic heterocycles. The SMILES string of the molecule is CC(NC(=O)CN(C)S(=O)(=O)c1cccs1)c1cccc(Cl)c1. The van der Waals surface area contributed by atoms with Gasteiger partial charge in [0.05, 0.1) is 12.6 Å². The Labute approximate surface area is 144 Å². The maximum atomic E-state index is 12.3. The fourth-order valence-corrected chi connectivity index (χ4v) is 4.52. The van der Waals surface area contributed by atoms with Crippen molar-refractivity contribution in [2.75, 3.05) is 13.6 Å². The molecule has 0 radical (unpaired) electrons. The standard InChI is InChI=1S/C15H17ClN2O3S2/c1-11(12-5-3-6-13(16)9-12)17-14(19)10-18(2)23(20,21)15-7-4-8-22-15/h3-9,11H,10H2,1-2H3,(H,17,19). The van der Waals surface area contributed by atoms with Crippen LogP contribution in [0.4, 0.5) is 0 Å². The van der Waals surface area contributed by atoms with Gasteiger partial charge in [-0.15, -0.1) is 11.3 Å². The van der Waals surface area contributed by atoms with Crippen molar-refractivity contribution >= 4 is 38.9 Å². The van der Waals surface area contributed by atoms with Gasteiger partial charge < -0.3 is 5.32 Å². The van der Waals surface area contributed by atoms with Gasteiger partial charge in [0.15, 0.2) is 0 Å². The van der Waals surface area contributed by atoms with E-state index in [9.17, 15) is 13.2 Å². The number of thiophene rings is 1. The number of amides is 1. The van der Waals surface area contributed by atoms with Crippen LogP contribution in [0.5, 0.6) is 0 Å². The van der Waals surface area contributed by atoms with E-state index in [0.29, 0.717) is 5.02 Å². The summed E-state index contributed by atoms with van der Waals surface area (Å²) < 4.78 is 25.8. The van der Waals surface area contributed by atoms with Gasteiger partial charge in [0.25, 0.3) is 10.0 Å². The average Bonchev–Trinajstić information content (AvgIpc) is 3.01. The molecule has 5 nitrogen and oxygen atoms in total. The minimum atomic E-state index is -3.63. The number of hydrogen-bond acceptors (Lipinski definition) is 4. The van der Waals surface area contributed by atoms with Gasteiger partial charge in [-0.25, -0.2) is 8.42 Å². The summed E-state index contributed by atoms with van der Waals surface area (Å²) in [7, 11) is -2.24. The van der Waals surface area contributed by atoms with Crippen molar-refractivity contribution in [3.63, 3.8) is 0 Å². The quantitative estimate of drug-likeness (QED) is 0.847. The Morgan fingerprint density at radius 2 is 2.09 bits per heavy atom. The molecule has 2 rings (SSSR count). The van der Waals surface area contributed by atoms with Gasteiger partial charge in [-0.1, -0.05) is 29.8 Å². The highest BCUT2D eigenvalue weighted by Gasteiger charge is 2.24. The number of hydrogen-bond donors (Lipinski definition) is 1. The van der Waals surface area contributed by atoms with E-state index < -0.39 is 10.0 Å². The molecule has 0 bridgehead atoms. The van der Waals surface area contributed by atoms with Crippen molar-refractivity contribution in [3.05, 3.63) is 52.4 Å². The zero-order valence-electron chi connectivity index (χ0n) is 12.7. The maximum absolute atomic E-state index is 12.3. The molecule has 1 amide bonds. The Kier molecular flexibility index (Phi) is 5.80. The van der Waals surface area contributed by atoms with E-state index in [-0.39, 0.29) is 22.7 Å². The van der Waals surface area contributed by atoms with Gasteiger partial charge in [-0.05, 0) is 36.1 Å². The Morgan fingerprint density at radius 1 is 1.35 bits per heavy atom. The van der Waals surface area contributed by atoms with Gasteiger partial charge in [0, 0.05) is 12.1 Å². The summed E-state index contributed by atoms with van der Waals surface area (Å²) in [5, 5.41) is 5.04. The number of halogens is 1. The molecule has 23 heavy (non-hydrogen) atoms. The van der Waals surface area contributed by atoms with E-state index >= 15 is 0 Å². The molecule has 2 aromatic rings. The Bertz CT molecular complexity index is 776. The summed E-state index contributed by atoms with van der Waals surface area (Å²) in [4.78, 5) is 12.1. The van der Waals surface area contributed by atoms with Gasteiger partial charge in [0.1, 0.15) is 4.21 Å². The molecule has 1 aromatic carbocycles. The van der Waals surface area contributed by atoms with Crippen LogP contribution in [0.2, 0.25) is 5.02 Å². The summed E-state index contributed by atoms with van der Waals surface area (Å²) in [6.45, 7) is 1.57. The summed E-state index contributed by atoms with van der Waals surface area (Å²) in [5.41, 5.74) is 0.856. The third-order valence-corrected chi connectivity index (χ3v) is 6.66. The highest BCUT2D eigenvalue weighted by Crippen LogP contribution is 2.20. The van der Waals surface area contributed by atoms with E-state index in [1.165, 1.54) is 13.1 Å². The molecule has 8 heteroatoms. The fraction of sp³-hybridized carbons (Fsp3) is 0.267. The molecule has 0 spiro atoms. The van der Waals surface area contributed by atoms with Crippen molar-refractivity contribution in [1.82, 2.24) is 9.62 Å². The van der Waals surface area contributed by atoms with Crippen LogP contribution in [0.1, 0.15) is 18.5 Å². The molecule has 124 valence electrons. The maximum Gasteiger partial charge on any atom is 0.252 e. The first-order valence-corrected chi connectivity index (χ1v) is 9.55. The summed E-state index contributed by atoms with van der Waals surface area (Å²) in [5.74, 6) is -0.375. The first-order valence-electron chi connectivity index (χ1n) is 6.85. The lowest BCUT2D eigenvalue weighted by atomic mass is 10.1. The Morgan fingerprint density at radius 3 is 2.70 bits per heavy atom. The van der Waals surface area contributed by atoms with E-state index in [2.05, 4.69) is 5.32 Å². The van der Waals surface area contributed by atoms with Crippen molar-refractivity contribution in [2.24, 2.45) is 0 Å². The minimum absolute atomic E-state index is 0.218. The van der Waals surface area contributed by atoms with Crippen LogP contribution in [0.15, 0.2) is 46.0 Å². The minimum Gasteiger partial charge on any atom is -0.348 e. The third-order valence-electron chi connectivity index (χ3n) is 3.25. The molecule has 0 saturated heterocycles. The van der Waals surface area contributed by atoms with Crippen LogP contribution in [-0.4, -0.2) is 32.2 Å². The first kappa shape index (κ1) is 17.9.